The highest BCUT2D eigenvalue weighted by molar-refractivity contribution is 5.79. The SMILES string of the molecule is CC(C)N1CCN(C(=O)[C@H]2CC[C@H](Oc3ccc(-c4nnco4)cc3)CC2)CC1. The number of ether oxygens (including phenoxy) is 1. The van der Waals surface area contributed by atoms with E-state index >= 15 is 0 Å². The van der Waals surface area contributed by atoms with Crippen LogP contribution in [0.1, 0.15) is 39.5 Å². The summed E-state index contributed by atoms with van der Waals surface area (Å²) in [6, 6.07) is 8.28. The van der Waals surface area contributed by atoms with Gasteiger partial charge in [-0.3, -0.25) is 9.69 Å². The van der Waals surface area contributed by atoms with E-state index in [9.17, 15) is 4.79 Å². The molecule has 2 heterocycles. The Bertz CT molecular complexity index is 775. The summed E-state index contributed by atoms with van der Waals surface area (Å²) in [4.78, 5) is 17.4. The molecule has 2 aliphatic rings. The number of hydrogen-bond donors (Lipinski definition) is 0. The van der Waals surface area contributed by atoms with Gasteiger partial charge in [0.2, 0.25) is 18.2 Å². The summed E-state index contributed by atoms with van der Waals surface area (Å²) in [6.45, 7) is 8.14. The molecule has 7 heteroatoms. The first-order valence-electron chi connectivity index (χ1n) is 10.7. The zero-order valence-corrected chi connectivity index (χ0v) is 17.3. The minimum Gasteiger partial charge on any atom is -0.490 e. The summed E-state index contributed by atoms with van der Waals surface area (Å²) in [7, 11) is 0. The molecule has 1 amide bonds. The van der Waals surface area contributed by atoms with Gasteiger partial charge in [0.25, 0.3) is 0 Å². The third-order valence-electron chi connectivity index (χ3n) is 6.14. The van der Waals surface area contributed by atoms with Gasteiger partial charge in [-0.25, -0.2) is 0 Å². The number of carbonyl (C=O) groups is 1. The highest BCUT2D eigenvalue weighted by Gasteiger charge is 2.32. The molecule has 1 saturated carbocycles. The van der Waals surface area contributed by atoms with Gasteiger partial charge >= 0.3 is 0 Å². The van der Waals surface area contributed by atoms with Crippen molar-refractivity contribution >= 4 is 5.91 Å². The molecule has 1 aliphatic carbocycles. The summed E-state index contributed by atoms with van der Waals surface area (Å²) < 4.78 is 11.4. The first kappa shape index (κ1) is 19.9. The molecule has 4 rings (SSSR count). The minimum absolute atomic E-state index is 0.153. The maximum absolute atomic E-state index is 12.9. The molecule has 2 aromatic rings. The summed E-state index contributed by atoms with van der Waals surface area (Å²) in [5, 5.41) is 7.61. The highest BCUT2D eigenvalue weighted by Crippen LogP contribution is 2.30. The number of benzene rings is 1. The van der Waals surface area contributed by atoms with E-state index in [0.717, 1.165) is 63.2 Å². The van der Waals surface area contributed by atoms with Gasteiger partial charge in [-0.1, -0.05) is 0 Å². The van der Waals surface area contributed by atoms with Crippen LogP contribution in [0.3, 0.4) is 0 Å². The number of rotatable bonds is 5. The number of amides is 1. The minimum atomic E-state index is 0.153. The maximum atomic E-state index is 12.9. The van der Waals surface area contributed by atoms with Crippen LogP contribution in [0.2, 0.25) is 0 Å². The van der Waals surface area contributed by atoms with E-state index in [1.807, 2.05) is 24.3 Å². The molecule has 0 radical (unpaired) electrons. The molecule has 1 aliphatic heterocycles. The Hall–Kier alpha value is -2.41. The Balaban J connectivity index is 1.24. The molecule has 0 N–H and O–H groups in total. The molecule has 2 fully saturated rings. The first-order chi connectivity index (χ1) is 14.1. The standard InChI is InChI=1S/C22H30N4O3/c1-16(2)25-11-13-26(14-12-25)22(27)18-5-9-20(10-6-18)29-19-7-3-17(4-8-19)21-24-23-15-28-21/h3-4,7-8,15-16,18,20H,5-6,9-14H2,1-2H3/t18-,20-. The van der Waals surface area contributed by atoms with Crippen molar-refractivity contribution in [1.82, 2.24) is 20.0 Å². The Morgan fingerprint density at radius 3 is 2.34 bits per heavy atom. The fourth-order valence-corrected chi connectivity index (χ4v) is 4.31. The maximum Gasteiger partial charge on any atom is 0.247 e. The average molecular weight is 399 g/mol. The van der Waals surface area contributed by atoms with Crippen LogP contribution in [0.4, 0.5) is 0 Å². The van der Waals surface area contributed by atoms with Gasteiger partial charge in [-0.05, 0) is 63.8 Å². The Morgan fingerprint density at radius 2 is 1.76 bits per heavy atom. The lowest BCUT2D eigenvalue weighted by Gasteiger charge is -2.39. The monoisotopic (exact) mass is 398 g/mol. The molecule has 7 nitrogen and oxygen atoms in total. The smallest absolute Gasteiger partial charge is 0.247 e. The van der Waals surface area contributed by atoms with Gasteiger partial charge in [0.05, 0.1) is 6.10 Å². The number of hydrogen-bond acceptors (Lipinski definition) is 6. The van der Waals surface area contributed by atoms with Crippen LogP contribution >= 0.6 is 0 Å². The zero-order chi connectivity index (χ0) is 20.2. The van der Waals surface area contributed by atoms with Crippen LogP contribution in [-0.2, 0) is 4.79 Å². The molecule has 0 atom stereocenters. The van der Waals surface area contributed by atoms with Crippen LogP contribution in [0, 0.1) is 5.92 Å². The first-order valence-corrected chi connectivity index (χ1v) is 10.7. The van der Waals surface area contributed by atoms with Crippen LogP contribution in [0.5, 0.6) is 5.75 Å². The topological polar surface area (TPSA) is 71.7 Å². The normalized spacial score (nSPS) is 23.3. The molecular formula is C22H30N4O3. The summed E-state index contributed by atoms with van der Waals surface area (Å²) in [6.07, 6.45) is 5.17. The van der Waals surface area contributed by atoms with Crippen molar-refractivity contribution in [2.24, 2.45) is 5.92 Å². The molecule has 0 spiro atoms. The second-order valence-electron chi connectivity index (χ2n) is 8.31. The molecule has 0 unspecified atom stereocenters. The van der Waals surface area contributed by atoms with Crippen molar-refractivity contribution in [3.8, 4) is 17.2 Å². The summed E-state index contributed by atoms with van der Waals surface area (Å²) in [5.74, 6) is 1.84. The lowest BCUT2D eigenvalue weighted by Crippen LogP contribution is -2.52. The zero-order valence-electron chi connectivity index (χ0n) is 17.3. The predicted molar refractivity (Wildman–Crippen MR) is 109 cm³/mol. The Kier molecular flexibility index (Phi) is 6.13. The average Bonchev–Trinajstić information content (AvgIpc) is 3.29. The Morgan fingerprint density at radius 1 is 1.07 bits per heavy atom. The number of nitrogens with zero attached hydrogens (tertiary/aromatic N) is 4. The largest absolute Gasteiger partial charge is 0.490 e. The second kappa shape index (κ2) is 8.95. The number of aromatic nitrogens is 2. The van der Waals surface area contributed by atoms with Crippen molar-refractivity contribution in [3.05, 3.63) is 30.7 Å². The van der Waals surface area contributed by atoms with Crippen molar-refractivity contribution in [3.63, 3.8) is 0 Å². The van der Waals surface area contributed by atoms with Crippen LogP contribution in [-0.4, -0.2) is 64.2 Å². The number of carbonyl (C=O) groups excluding carboxylic acids is 1. The van der Waals surface area contributed by atoms with Crippen molar-refractivity contribution in [2.75, 3.05) is 26.2 Å². The molecule has 1 aromatic heterocycles. The van der Waals surface area contributed by atoms with Crippen LogP contribution in [0.15, 0.2) is 35.1 Å². The molecule has 156 valence electrons. The molecule has 29 heavy (non-hydrogen) atoms. The predicted octanol–water partition coefficient (Wildman–Crippen LogP) is 3.23. The van der Waals surface area contributed by atoms with Crippen molar-refractivity contribution in [1.29, 1.82) is 0 Å². The van der Waals surface area contributed by atoms with E-state index < -0.39 is 0 Å². The van der Waals surface area contributed by atoms with Gasteiger partial charge in [0.15, 0.2) is 0 Å². The lowest BCUT2D eigenvalue weighted by molar-refractivity contribution is -0.139. The van der Waals surface area contributed by atoms with Gasteiger partial charge in [-0.15, -0.1) is 10.2 Å². The fourth-order valence-electron chi connectivity index (χ4n) is 4.31. The summed E-state index contributed by atoms with van der Waals surface area (Å²) >= 11 is 0. The van der Waals surface area contributed by atoms with E-state index in [0.29, 0.717) is 17.8 Å². The quantitative estimate of drug-likeness (QED) is 0.770. The lowest BCUT2D eigenvalue weighted by atomic mass is 9.86. The third kappa shape index (κ3) is 4.78. The van der Waals surface area contributed by atoms with Crippen LogP contribution < -0.4 is 4.74 Å². The van der Waals surface area contributed by atoms with Crippen LogP contribution in [0.25, 0.3) is 11.5 Å². The molecule has 0 bridgehead atoms. The highest BCUT2D eigenvalue weighted by atomic mass is 16.5. The van der Waals surface area contributed by atoms with Gasteiger partial charge in [-0.2, -0.15) is 0 Å². The third-order valence-corrected chi connectivity index (χ3v) is 6.14. The molecule has 1 saturated heterocycles. The number of piperazine rings is 1. The van der Waals surface area contributed by atoms with E-state index in [1.54, 1.807) is 0 Å². The summed E-state index contributed by atoms with van der Waals surface area (Å²) in [5.41, 5.74) is 0.877. The van der Waals surface area contributed by atoms with Crippen molar-refractivity contribution in [2.45, 2.75) is 51.7 Å². The fraction of sp³-hybridized carbons (Fsp3) is 0.591. The van der Waals surface area contributed by atoms with Gasteiger partial charge in [0, 0.05) is 43.7 Å². The Labute approximate surface area is 172 Å². The van der Waals surface area contributed by atoms with Gasteiger partial charge in [0.1, 0.15) is 5.75 Å². The van der Waals surface area contributed by atoms with E-state index in [2.05, 4.69) is 33.8 Å². The van der Waals surface area contributed by atoms with E-state index in [1.165, 1.54) is 6.39 Å². The second-order valence-corrected chi connectivity index (χ2v) is 8.31. The van der Waals surface area contributed by atoms with E-state index in [4.69, 9.17) is 9.15 Å². The molecular weight excluding hydrogens is 368 g/mol. The van der Waals surface area contributed by atoms with Crippen molar-refractivity contribution < 1.29 is 13.9 Å². The van der Waals surface area contributed by atoms with E-state index in [-0.39, 0.29) is 12.0 Å². The van der Waals surface area contributed by atoms with Gasteiger partial charge < -0.3 is 14.1 Å². The molecule has 1 aromatic carbocycles.